The molecule has 2 N–H and O–H groups in total. The van der Waals surface area contributed by atoms with Crippen molar-refractivity contribution in [2.75, 3.05) is 24.6 Å². The summed E-state index contributed by atoms with van der Waals surface area (Å²) in [6, 6.07) is 4.03. The second kappa shape index (κ2) is 13.5. The molecule has 162 valence electrons. The molecule has 0 aliphatic heterocycles. The van der Waals surface area contributed by atoms with Crippen LogP contribution in [0.3, 0.4) is 0 Å². The maximum atomic E-state index is 6.02. The molecule has 0 radical (unpaired) electrons. The third-order valence-electron chi connectivity index (χ3n) is 5.19. The van der Waals surface area contributed by atoms with Crippen molar-refractivity contribution in [3.05, 3.63) is 12.1 Å². The highest BCUT2D eigenvalue weighted by atomic mass is 32.1. The summed E-state index contributed by atoms with van der Waals surface area (Å²) in [6.07, 6.45) is 12.3. The average Bonchev–Trinajstić information content (AvgIpc) is 3.15. The summed E-state index contributed by atoms with van der Waals surface area (Å²) in [6.45, 7) is 9.54. The van der Waals surface area contributed by atoms with Crippen molar-refractivity contribution in [2.45, 2.75) is 85.0 Å². The van der Waals surface area contributed by atoms with Crippen molar-refractivity contribution < 1.29 is 10.3 Å². The number of anilines is 1. The van der Waals surface area contributed by atoms with E-state index in [-0.39, 0.29) is 0 Å². The van der Waals surface area contributed by atoms with E-state index in [1.165, 1.54) is 57.8 Å². The number of nitrogens with zero attached hydrogens (tertiary/aromatic N) is 3. The molecule has 6 heteroatoms. The number of rotatable bonds is 16. The fraction of sp³-hybridized carbons (Fsp3) is 0.696. The van der Waals surface area contributed by atoms with Crippen LogP contribution in [0.2, 0.25) is 0 Å². The molecule has 0 fully saturated rings. The lowest BCUT2D eigenvalue weighted by Crippen LogP contribution is -2.25. The Bertz CT molecular complexity index is 723. The number of benzene rings is 1. The van der Waals surface area contributed by atoms with Crippen molar-refractivity contribution >= 4 is 32.4 Å². The lowest BCUT2D eigenvalue weighted by Gasteiger charge is -2.21. The number of hydrogen-bond acceptors (Lipinski definition) is 5. The van der Waals surface area contributed by atoms with E-state index < -0.39 is 0 Å². The van der Waals surface area contributed by atoms with Crippen LogP contribution in [0.1, 0.15) is 85.0 Å². The van der Waals surface area contributed by atoms with Gasteiger partial charge in [0.25, 0.3) is 0 Å². The van der Waals surface area contributed by atoms with Crippen LogP contribution >= 0.6 is 11.3 Å². The summed E-state index contributed by atoms with van der Waals surface area (Å²) in [7, 11) is 0. The Morgan fingerprint density at radius 2 is 1.59 bits per heavy atom. The average molecular weight is 420 g/mol. The Morgan fingerprint density at radius 3 is 2.24 bits per heavy atom. The van der Waals surface area contributed by atoms with Gasteiger partial charge < -0.3 is 9.64 Å². The first-order valence-corrected chi connectivity index (χ1v) is 12.3. The minimum atomic E-state index is 0.705. The standard InChI is InChI=1S/C23H38N4OS/c1-4-7-10-11-12-13-16-28-21-17-20-22(18-19(21)26-24)29-23(25-20)27(14-8-5-2)15-9-6-3/h17-18,24H,4-16H2,1-3H3/p+1. The Kier molecular flexibility index (Phi) is 11.0. The number of hydrogen-bond donors (Lipinski definition) is 1. The summed E-state index contributed by atoms with van der Waals surface area (Å²) >= 11 is 1.73. The van der Waals surface area contributed by atoms with E-state index in [9.17, 15) is 0 Å². The van der Waals surface area contributed by atoms with Crippen molar-refractivity contribution in [1.82, 2.24) is 4.98 Å². The number of fused-ring (bicyclic) bond motifs is 1. The molecule has 2 aromatic rings. The largest absolute Gasteiger partial charge is 0.491 e. The lowest BCUT2D eigenvalue weighted by molar-refractivity contribution is -0.210. The van der Waals surface area contributed by atoms with E-state index >= 15 is 0 Å². The zero-order valence-electron chi connectivity index (χ0n) is 18.6. The molecule has 0 saturated heterocycles. The highest BCUT2D eigenvalue weighted by Crippen LogP contribution is 2.37. The molecule has 0 aliphatic rings. The van der Waals surface area contributed by atoms with E-state index in [1.807, 2.05) is 12.1 Å². The first-order valence-electron chi connectivity index (χ1n) is 11.5. The third kappa shape index (κ3) is 7.57. The number of unbranched alkanes of at least 4 members (excludes halogenated alkanes) is 7. The Hall–Kier alpha value is -1.69. The quantitative estimate of drug-likeness (QED) is 0.257. The maximum absolute atomic E-state index is 6.02. The van der Waals surface area contributed by atoms with Crippen LogP contribution in [0, 0.1) is 0 Å². The molecule has 0 saturated carbocycles. The molecule has 29 heavy (non-hydrogen) atoms. The number of nitrogens with two attached hydrogens (primary N) is 1. The van der Waals surface area contributed by atoms with Gasteiger partial charge in [0.05, 0.1) is 16.8 Å². The molecule has 0 amide bonds. The van der Waals surface area contributed by atoms with Gasteiger partial charge in [-0.05, 0) is 30.4 Å². The fourth-order valence-corrected chi connectivity index (χ4v) is 4.38. The van der Waals surface area contributed by atoms with E-state index in [2.05, 4.69) is 30.8 Å². The topological polar surface area (TPSA) is 63.3 Å². The molecule has 0 unspecified atom stereocenters. The third-order valence-corrected chi connectivity index (χ3v) is 6.27. The summed E-state index contributed by atoms with van der Waals surface area (Å²) in [5.41, 5.74) is 7.34. The number of aromatic nitrogens is 1. The smallest absolute Gasteiger partial charge is 0.186 e. The second-order valence-corrected chi connectivity index (χ2v) is 8.73. The normalized spacial score (nSPS) is 11.1. The highest BCUT2D eigenvalue weighted by molar-refractivity contribution is 7.22. The lowest BCUT2D eigenvalue weighted by atomic mass is 10.1. The zero-order valence-corrected chi connectivity index (χ0v) is 19.4. The molecule has 0 bridgehead atoms. The van der Waals surface area contributed by atoms with Gasteiger partial charge in [-0.25, -0.2) is 4.98 Å². The predicted molar refractivity (Wildman–Crippen MR) is 125 cm³/mol. The molecule has 1 aromatic heterocycles. The van der Waals surface area contributed by atoms with E-state index in [4.69, 9.17) is 15.3 Å². The Morgan fingerprint density at radius 1 is 0.931 bits per heavy atom. The van der Waals surface area contributed by atoms with E-state index in [0.717, 1.165) is 40.6 Å². The van der Waals surface area contributed by atoms with Crippen LogP contribution in [0.25, 0.3) is 10.2 Å². The van der Waals surface area contributed by atoms with Crippen molar-refractivity contribution in [3.63, 3.8) is 0 Å². The summed E-state index contributed by atoms with van der Waals surface area (Å²) in [5.74, 6) is 0.749. The van der Waals surface area contributed by atoms with Gasteiger partial charge in [-0.2, -0.15) is 5.53 Å². The molecule has 0 atom stereocenters. The van der Waals surface area contributed by atoms with Crippen LogP contribution in [0.4, 0.5) is 10.8 Å². The summed E-state index contributed by atoms with van der Waals surface area (Å²) in [4.78, 5) is 7.34. The van der Waals surface area contributed by atoms with Crippen molar-refractivity contribution in [3.8, 4) is 5.75 Å². The summed E-state index contributed by atoms with van der Waals surface area (Å²) in [5, 5.41) is 5.05. The monoisotopic (exact) mass is 419 g/mol. The first kappa shape index (κ1) is 23.6. The van der Waals surface area contributed by atoms with Crippen LogP contribution < -0.4 is 15.2 Å². The van der Waals surface area contributed by atoms with Crippen molar-refractivity contribution in [1.29, 1.82) is 0 Å². The summed E-state index contributed by atoms with van der Waals surface area (Å²) < 4.78 is 7.14. The van der Waals surface area contributed by atoms with Gasteiger partial charge in [-0.3, -0.25) is 0 Å². The van der Waals surface area contributed by atoms with E-state index in [1.54, 1.807) is 11.3 Å². The number of thiazole rings is 1. The first-order chi connectivity index (χ1) is 14.2. The van der Waals surface area contributed by atoms with Gasteiger partial charge in [0.15, 0.2) is 16.6 Å². The minimum absolute atomic E-state index is 0.705. The van der Waals surface area contributed by atoms with Gasteiger partial charge in [0, 0.05) is 19.2 Å². The highest BCUT2D eigenvalue weighted by Gasteiger charge is 2.15. The second-order valence-electron chi connectivity index (χ2n) is 7.72. The molecule has 0 aliphatic carbocycles. The Balaban J connectivity index is 2.06. The molecular weight excluding hydrogens is 380 g/mol. The van der Waals surface area contributed by atoms with Crippen LogP contribution in [0.5, 0.6) is 5.75 Å². The van der Waals surface area contributed by atoms with Crippen LogP contribution in [-0.4, -0.2) is 24.7 Å². The van der Waals surface area contributed by atoms with Crippen LogP contribution in [0.15, 0.2) is 17.2 Å². The van der Waals surface area contributed by atoms with E-state index in [0.29, 0.717) is 12.3 Å². The van der Waals surface area contributed by atoms with Gasteiger partial charge >= 0.3 is 0 Å². The Labute approximate surface area is 180 Å². The molecule has 2 rings (SSSR count). The molecule has 1 heterocycles. The van der Waals surface area contributed by atoms with Gasteiger partial charge in [0.1, 0.15) is 0 Å². The molecular formula is C23H39N4OS+. The molecule has 5 nitrogen and oxygen atoms in total. The number of ether oxygens (including phenoxy) is 1. The van der Waals surface area contributed by atoms with Crippen molar-refractivity contribution in [2.24, 2.45) is 5.11 Å². The van der Waals surface area contributed by atoms with Gasteiger partial charge in [-0.1, -0.05) is 77.1 Å². The fourth-order valence-electron chi connectivity index (χ4n) is 3.35. The maximum Gasteiger partial charge on any atom is 0.186 e. The molecule has 0 spiro atoms. The predicted octanol–water partition coefficient (Wildman–Crippen LogP) is 6.29. The minimum Gasteiger partial charge on any atom is -0.491 e. The zero-order chi connectivity index (χ0) is 20.9. The SMILES string of the molecule is CCCCCCCCOc1cc2nc(N(CCCC)CCCC)sc2cc1N=[NH2+]. The van der Waals surface area contributed by atoms with Crippen LogP contribution in [-0.2, 0) is 0 Å². The molecule has 1 aromatic carbocycles. The van der Waals surface area contributed by atoms with Gasteiger partial charge in [-0.15, -0.1) is 0 Å². The van der Waals surface area contributed by atoms with Gasteiger partial charge in [0.2, 0.25) is 0 Å².